The lowest BCUT2D eigenvalue weighted by atomic mass is 9.87. The van der Waals surface area contributed by atoms with Crippen LogP contribution in [0.5, 0.6) is 0 Å². The normalized spacial score (nSPS) is 12.5. The number of rotatable bonds is 6. The second-order valence-electron chi connectivity index (χ2n) is 9.34. The summed E-state index contributed by atoms with van der Waals surface area (Å²) in [4.78, 5) is 16.8. The van der Waals surface area contributed by atoms with Gasteiger partial charge in [-0.15, -0.1) is 11.3 Å². The lowest BCUT2D eigenvalue weighted by Gasteiger charge is -2.23. The molecule has 5 nitrogen and oxygen atoms in total. The molecule has 1 N–H and O–H groups in total. The predicted molar refractivity (Wildman–Crippen MR) is 135 cm³/mol. The Morgan fingerprint density at radius 2 is 1.70 bits per heavy atom. The summed E-state index contributed by atoms with van der Waals surface area (Å²) in [6.45, 7) is 8.44. The molecule has 0 spiro atoms. The summed E-state index contributed by atoms with van der Waals surface area (Å²) in [5, 5.41) is 2.80. The minimum Gasteiger partial charge on any atom is -0.322 e. The Morgan fingerprint density at radius 1 is 0.970 bits per heavy atom. The first-order valence-corrected chi connectivity index (χ1v) is 13.1. The zero-order valence-corrected chi connectivity index (χ0v) is 20.9. The number of benzene rings is 2. The van der Waals surface area contributed by atoms with E-state index in [1.807, 2.05) is 54.8 Å². The number of sulfonamides is 1. The first kappa shape index (κ1) is 23.4. The van der Waals surface area contributed by atoms with Crippen molar-refractivity contribution < 1.29 is 8.42 Å². The molecule has 0 aliphatic rings. The number of fused-ring (bicyclic) bond motifs is 1. The van der Waals surface area contributed by atoms with E-state index in [9.17, 15) is 13.2 Å². The molecule has 2 aromatic heterocycles. The first-order valence-electron chi connectivity index (χ1n) is 10.8. The highest BCUT2D eigenvalue weighted by atomic mass is 32.2. The molecule has 0 aliphatic heterocycles. The lowest BCUT2D eigenvalue weighted by molar-refractivity contribution is 0.402. The summed E-state index contributed by atoms with van der Waals surface area (Å²) < 4.78 is 28.7. The third kappa shape index (κ3) is 5.11. The molecule has 4 rings (SSSR count). The SMILES string of the molecule is Cc1ccc2[nH]c(=O)c(CN(Cc3cccs3)S(=O)(=O)c3ccc(C(C)(C)C)cc3)cc2c1. The van der Waals surface area contributed by atoms with Crippen LogP contribution in [-0.4, -0.2) is 17.7 Å². The number of aryl methyl sites for hydroxylation is 1. The maximum absolute atomic E-state index is 13.7. The average Bonchev–Trinajstić information content (AvgIpc) is 3.27. The van der Waals surface area contributed by atoms with E-state index in [1.165, 1.54) is 15.6 Å². The van der Waals surface area contributed by atoms with Crippen molar-refractivity contribution in [3.05, 3.63) is 98.0 Å². The van der Waals surface area contributed by atoms with E-state index in [2.05, 4.69) is 25.8 Å². The van der Waals surface area contributed by atoms with Crippen LogP contribution in [0.1, 0.15) is 42.3 Å². The van der Waals surface area contributed by atoms with Crippen LogP contribution >= 0.6 is 11.3 Å². The molecule has 0 saturated carbocycles. The third-order valence-electron chi connectivity index (χ3n) is 5.69. The molecule has 2 aromatic carbocycles. The molecule has 0 unspecified atom stereocenters. The summed E-state index contributed by atoms with van der Waals surface area (Å²) in [5.74, 6) is 0. The fourth-order valence-corrected chi connectivity index (χ4v) is 5.95. The van der Waals surface area contributed by atoms with Gasteiger partial charge in [0.25, 0.3) is 5.56 Å². The predicted octanol–water partition coefficient (Wildman–Crippen LogP) is 5.59. The Balaban J connectivity index is 1.75. The molecule has 0 saturated heterocycles. The molecule has 0 fully saturated rings. The maximum Gasteiger partial charge on any atom is 0.252 e. The van der Waals surface area contributed by atoms with Gasteiger partial charge >= 0.3 is 0 Å². The van der Waals surface area contributed by atoms with Crippen molar-refractivity contribution >= 4 is 32.3 Å². The van der Waals surface area contributed by atoms with Crippen molar-refractivity contribution in [3.63, 3.8) is 0 Å². The summed E-state index contributed by atoms with van der Waals surface area (Å²) in [5.41, 5.74) is 2.94. The highest BCUT2D eigenvalue weighted by Gasteiger charge is 2.27. The van der Waals surface area contributed by atoms with Gasteiger partial charge in [0.1, 0.15) is 0 Å². The average molecular weight is 481 g/mol. The number of aromatic nitrogens is 1. The molecular formula is C26H28N2O3S2. The van der Waals surface area contributed by atoms with Gasteiger partial charge in [0.2, 0.25) is 10.0 Å². The van der Waals surface area contributed by atoms with Gasteiger partial charge in [-0.05, 0) is 65.1 Å². The van der Waals surface area contributed by atoms with E-state index in [-0.39, 0.29) is 29.0 Å². The van der Waals surface area contributed by atoms with Crippen LogP contribution < -0.4 is 5.56 Å². The minimum absolute atomic E-state index is 0.0134. The van der Waals surface area contributed by atoms with Gasteiger partial charge in [-0.3, -0.25) is 4.79 Å². The standard InChI is InChI=1S/C26H28N2O3S2/c1-18-7-12-24-19(14-18)15-20(25(29)27-24)16-28(17-22-6-5-13-32-22)33(30,31)23-10-8-21(9-11-23)26(2,3)4/h5-15H,16-17H2,1-4H3,(H,27,29). The third-order valence-corrected chi connectivity index (χ3v) is 8.36. The molecule has 0 bridgehead atoms. The zero-order valence-electron chi connectivity index (χ0n) is 19.3. The fraction of sp³-hybridized carbons (Fsp3) is 0.269. The molecule has 0 atom stereocenters. The molecule has 33 heavy (non-hydrogen) atoms. The van der Waals surface area contributed by atoms with Crippen molar-refractivity contribution in [2.24, 2.45) is 0 Å². The Labute approximate surface area is 198 Å². The van der Waals surface area contributed by atoms with Crippen LogP contribution in [0.25, 0.3) is 10.9 Å². The van der Waals surface area contributed by atoms with Crippen molar-refractivity contribution in [2.75, 3.05) is 0 Å². The van der Waals surface area contributed by atoms with Crippen LogP contribution in [-0.2, 0) is 28.5 Å². The Morgan fingerprint density at radius 3 is 2.33 bits per heavy atom. The van der Waals surface area contributed by atoms with E-state index >= 15 is 0 Å². The topological polar surface area (TPSA) is 70.2 Å². The molecule has 7 heteroatoms. The van der Waals surface area contributed by atoms with Crippen molar-refractivity contribution in [3.8, 4) is 0 Å². The van der Waals surface area contributed by atoms with Gasteiger partial charge < -0.3 is 4.98 Å². The number of pyridine rings is 1. The smallest absolute Gasteiger partial charge is 0.252 e. The van der Waals surface area contributed by atoms with Crippen molar-refractivity contribution in [1.82, 2.24) is 9.29 Å². The zero-order chi connectivity index (χ0) is 23.8. The second-order valence-corrected chi connectivity index (χ2v) is 12.3. The molecule has 0 aliphatic carbocycles. The van der Waals surface area contributed by atoms with Crippen LogP contribution in [0.15, 0.2) is 75.7 Å². The van der Waals surface area contributed by atoms with Crippen LogP contribution in [0.3, 0.4) is 0 Å². The van der Waals surface area contributed by atoms with Crippen LogP contribution in [0, 0.1) is 6.92 Å². The van der Waals surface area contributed by atoms with Gasteiger partial charge in [-0.2, -0.15) is 4.31 Å². The van der Waals surface area contributed by atoms with Crippen molar-refractivity contribution in [2.45, 2.75) is 51.1 Å². The number of aromatic amines is 1. The molecule has 2 heterocycles. The Bertz CT molecular complexity index is 1430. The van der Waals surface area contributed by atoms with E-state index < -0.39 is 10.0 Å². The van der Waals surface area contributed by atoms with E-state index in [0.29, 0.717) is 5.56 Å². The highest BCUT2D eigenvalue weighted by molar-refractivity contribution is 7.89. The van der Waals surface area contributed by atoms with E-state index in [1.54, 1.807) is 18.2 Å². The molecule has 172 valence electrons. The van der Waals surface area contributed by atoms with Gasteiger partial charge in [-0.1, -0.05) is 50.6 Å². The first-order chi connectivity index (χ1) is 15.5. The quantitative estimate of drug-likeness (QED) is 0.391. The Kier molecular flexibility index (Phi) is 6.31. The maximum atomic E-state index is 13.7. The second kappa shape index (κ2) is 8.89. The van der Waals surface area contributed by atoms with Gasteiger partial charge in [0.15, 0.2) is 0 Å². The van der Waals surface area contributed by atoms with Gasteiger partial charge in [-0.25, -0.2) is 8.42 Å². The number of H-pyrrole nitrogens is 1. The number of nitrogens with zero attached hydrogens (tertiary/aromatic N) is 1. The summed E-state index contributed by atoms with van der Waals surface area (Å²) in [6, 6.07) is 18.4. The van der Waals surface area contributed by atoms with E-state index in [4.69, 9.17) is 0 Å². The monoisotopic (exact) mass is 480 g/mol. The molecule has 0 amide bonds. The van der Waals surface area contributed by atoms with Gasteiger partial charge in [0, 0.05) is 29.0 Å². The number of thiophene rings is 1. The summed E-state index contributed by atoms with van der Waals surface area (Å²) in [7, 11) is -3.83. The fourth-order valence-electron chi connectivity index (χ4n) is 3.76. The van der Waals surface area contributed by atoms with Gasteiger partial charge in [0.05, 0.1) is 4.90 Å². The number of nitrogens with one attached hydrogen (secondary N) is 1. The largest absolute Gasteiger partial charge is 0.322 e. The molecule has 0 radical (unpaired) electrons. The highest BCUT2D eigenvalue weighted by Crippen LogP contribution is 2.27. The van der Waals surface area contributed by atoms with Crippen LogP contribution in [0.4, 0.5) is 0 Å². The molecule has 4 aromatic rings. The lowest BCUT2D eigenvalue weighted by Crippen LogP contribution is -2.32. The van der Waals surface area contributed by atoms with E-state index in [0.717, 1.165) is 26.9 Å². The Hall–Kier alpha value is -2.74. The number of hydrogen-bond donors (Lipinski definition) is 1. The number of hydrogen-bond acceptors (Lipinski definition) is 4. The summed E-state index contributed by atoms with van der Waals surface area (Å²) in [6.07, 6.45) is 0. The molecular weight excluding hydrogens is 452 g/mol. The van der Waals surface area contributed by atoms with Crippen molar-refractivity contribution in [1.29, 1.82) is 0 Å². The van der Waals surface area contributed by atoms with Crippen LogP contribution in [0.2, 0.25) is 0 Å². The minimum atomic E-state index is -3.83. The summed E-state index contributed by atoms with van der Waals surface area (Å²) >= 11 is 1.50.